The third kappa shape index (κ3) is 8.87. The molecule has 0 aliphatic carbocycles. The number of esters is 1. The van der Waals surface area contributed by atoms with Crippen LogP contribution >= 0.6 is 0 Å². The number of aliphatic carboxylic acids is 1. The lowest BCUT2D eigenvalue weighted by molar-refractivity contribution is -0.153. The van der Waals surface area contributed by atoms with Crippen molar-refractivity contribution in [2.75, 3.05) is 0 Å². The summed E-state index contributed by atoms with van der Waals surface area (Å²) in [5.74, 6) is -2.02. The van der Waals surface area contributed by atoms with Crippen LogP contribution in [0.15, 0.2) is 0 Å². The first-order valence-corrected chi connectivity index (χ1v) is 5.93. The van der Waals surface area contributed by atoms with E-state index in [2.05, 4.69) is 5.32 Å². The molecule has 0 heterocycles. The fourth-order valence-electron chi connectivity index (χ4n) is 1.13. The molecule has 0 rings (SSSR count). The number of nitrogens with one attached hydrogen (secondary N) is 1. The predicted octanol–water partition coefficient (Wildman–Crippen LogP) is 1.31. The summed E-state index contributed by atoms with van der Waals surface area (Å²) in [5, 5.41) is 10.9. The number of carbonyl (C=O) groups is 3. The lowest BCUT2D eigenvalue weighted by Gasteiger charge is -2.22. The summed E-state index contributed by atoms with van der Waals surface area (Å²) >= 11 is 0. The van der Waals surface area contributed by atoms with Crippen LogP contribution in [0.4, 0.5) is 4.79 Å². The van der Waals surface area contributed by atoms with Gasteiger partial charge in [0.15, 0.2) is 0 Å². The standard InChI is InChI=1S/C12H21NO6/c1-7(2)18-10(16)8(6-9(14)15)13-11(17)19-12(3,4)5/h7-8H,6H2,1-5H3,(H,13,17)(H,14,15)/t8-/m0/s1. The molecule has 0 fully saturated rings. The van der Waals surface area contributed by atoms with Gasteiger partial charge in [-0.25, -0.2) is 9.59 Å². The maximum atomic E-state index is 11.6. The molecule has 1 amide bonds. The molecule has 0 bridgehead atoms. The molecule has 0 aliphatic heterocycles. The van der Waals surface area contributed by atoms with Gasteiger partial charge in [0.1, 0.15) is 11.6 Å². The molecule has 0 spiro atoms. The van der Waals surface area contributed by atoms with Gasteiger partial charge in [-0.15, -0.1) is 0 Å². The van der Waals surface area contributed by atoms with Crippen molar-refractivity contribution in [2.45, 2.75) is 58.8 Å². The van der Waals surface area contributed by atoms with Crippen LogP contribution in [0.3, 0.4) is 0 Å². The molecule has 0 aliphatic rings. The SMILES string of the molecule is CC(C)OC(=O)[C@H](CC(=O)O)NC(=O)OC(C)(C)C. The maximum absolute atomic E-state index is 11.6. The second-order valence-corrected chi connectivity index (χ2v) is 5.28. The van der Waals surface area contributed by atoms with E-state index < -0.39 is 42.2 Å². The van der Waals surface area contributed by atoms with Crippen LogP contribution in [0.1, 0.15) is 41.0 Å². The quantitative estimate of drug-likeness (QED) is 0.733. The van der Waals surface area contributed by atoms with Crippen LogP contribution in [-0.4, -0.2) is 40.9 Å². The summed E-state index contributed by atoms with van der Waals surface area (Å²) in [5.41, 5.74) is -0.736. The smallest absolute Gasteiger partial charge is 0.408 e. The summed E-state index contributed by atoms with van der Waals surface area (Å²) in [4.78, 5) is 33.8. The van der Waals surface area contributed by atoms with Gasteiger partial charge in [-0.3, -0.25) is 4.79 Å². The van der Waals surface area contributed by atoms with Gasteiger partial charge in [-0.1, -0.05) is 0 Å². The molecule has 0 radical (unpaired) electrons. The molecule has 19 heavy (non-hydrogen) atoms. The zero-order valence-corrected chi connectivity index (χ0v) is 11.9. The van der Waals surface area contributed by atoms with Crippen molar-refractivity contribution < 1.29 is 29.0 Å². The molecule has 0 aromatic heterocycles. The number of carboxylic acids is 1. The van der Waals surface area contributed by atoms with Gasteiger partial charge in [0.25, 0.3) is 0 Å². The molecule has 110 valence electrons. The maximum Gasteiger partial charge on any atom is 0.408 e. The Bertz CT molecular complexity index is 345. The van der Waals surface area contributed by atoms with Crippen molar-refractivity contribution in [3.8, 4) is 0 Å². The van der Waals surface area contributed by atoms with Gasteiger partial charge in [-0.2, -0.15) is 0 Å². The number of hydrogen-bond acceptors (Lipinski definition) is 5. The highest BCUT2D eigenvalue weighted by molar-refractivity contribution is 5.85. The third-order valence-electron chi connectivity index (χ3n) is 1.71. The van der Waals surface area contributed by atoms with Crippen LogP contribution in [-0.2, 0) is 19.1 Å². The summed E-state index contributed by atoms with van der Waals surface area (Å²) in [7, 11) is 0. The highest BCUT2D eigenvalue weighted by Crippen LogP contribution is 2.08. The molecule has 0 aromatic rings. The summed E-state index contributed by atoms with van der Waals surface area (Å²) in [6, 6.07) is -1.27. The minimum Gasteiger partial charge on any atom is -0.481 e. The predicted molar refractivity (Wildman–Crippen MR) is 66.6 cm³/mol. The number of hydrogen-bond donors (Lipinski definition) is 2. The molecule has 0 aromatic carbocycles. The van der Waals surface area contributed by atoms with E-state index in [4.69, 9.17) is 14.6 Å². The average Bonchev–Trinajstić information content (AvgIpc) is 2.11. The topological polar surface area (TPSA) is 102 Å². The number of carbonyl (C=O) groups excluding carboxylic acids is 2. The fourth-order valence-corrected chi connectivity index (χ4v) is 1.13. The van der Waals surface area contributed by atoms with E-state index in [9.17, 15) is 14.4 Å². The fraction of sp³-hybridized carbons (Fsp3) is 0.750. The van der Waals surface area contributed by atoms with Gasteiger partial charge in [0.05, 0.1) is 12.5 Å². The Labute approximate surface area is 112 Å². The molecular weight excluding hydrogens is 254 g/mol. The zero-order chi connectivity index (χ0) is 15.2. The Balaban J connectivity index is 4.63. The second kappa shape index (κ2) is 6.96. The molecule has 7 nitrogen and oxygen atoms in total. The van der Waals surface area contributed by atoms with Gasteiger partial charge in [-0.05, 0) is 34.6 Å². The van der Waals surface area contributed by atoms with E-state index >= 15 is 0 Å². The largest absolute Gasteiger partial charge is 0.481 e. The lowest BCUT2D eigenvalue weighted by atomic mass is 10.2. The monoisotopic (exact) mass is 275 g/mol. The van der Waals surface area contributed by atoms with Crippen LogP contribution in [0.2, 0.25) is 0 Å². The van der Waals surface area contributed by atoms with Crippen LogP contribution in [0.5, 0.6) is 0 Å². The molecule has 0 saturated heterocycles. The molecule has 0 unspecified atom stereocenters. The second-order valence-electron chi connectivity index (χ2n) is 5.28. The van der Waals surface area contributed by atoms with Gasteiger partial charge in [0.2, 0.25) is 0 Å². The Morgan fingerprint density at radius 3 is 2.11 bits per heavy atom. The van der Waals surface area contributed by atoms with Crippen LogP contribution in [0.25, 0.3) is 0 Å². The van der Waals surface area contributed by atoms with E-state index in [1.807, 2.05) is 0 Å². The number of amides is 1. The van der Waals surface area contributed by atoms with Crippen molar-refractivity contribution in [1.82, 2.24) is 5.32 Å². The Hall–Kier alpha value is -1.79. The van der Waals surface area contributed by atoms with Crippen LogP contribution in [0, 0.1) is 0 Å². The number of ether oxygens (including phenoxy) is 2. The van der Waals surface area contributed by atoms with Crippen LogP contribution < -0.4 is 5.32 Å². The van der Waals surface area contributed by atoms with E-state index in [0.29, 0.717) is 0 Å². The zero-order valence-electron chi connectivity index (χ0n) is 11.9. The molecule has 0 saturated carbocycles. The first-order valence-electron chi connectivity index (χ1n) is 5.93. The van der Waals surface area contributed by atoms with Crippen molar-refractivity contribution in [1.29, 1.82) is 0 Å². The first kappa shape index (κ1) is 17.2. The summed E-state index contributed by atoms with van der Waals surface area (Å²) in [6.07, 6.45) is -1.83. The molecule has 7 heteroatoms. The van der Waals surface area contributed by atoms with Crippen molar-refractivity contribution in [3.63, 3.8) is 0 Å². The van der Waals surface area contributed by atoms with E-state index in [1.54, 1.807) is 34.6 Å². The van der Waals surface area contributed by atoms with E-state index in [1.165, 1.54) is 0 Å². The van der Waals surface area contributed by atoms with Gasteiger partial charge >= 0.3 is 18.0 Å². The molecule has 2 N–H and O–H groups in total. The highest BCUT2D eigenvalue weighted by Gasteiger charge is 2.28. The van der Waals surface area contributed by atoms with Crippen molar-refractivity contribution in [3.05, 3.63) is 0 Å². The Morgan fingerprint density at radius 1 is 1.21 bits per heavy atom. The van der Waals surface area contributed by atoms with Crippen molar-refractivity contribution >= 4 is 18.0 Å². The molecule has 1 atom stereocenters. The van der Waals surface area contributed by atoms with Gasteiger partial charge in [0, 0.05) is 0 Å². The number of rotatable bonds is 5. The minimum absolute atomic E-state index is 0.399. The summed E-state index contributed by atoms with van der Waals surface area (Å²) in [6.45, 7) is 8.23. The summed E-state index contributed by atoms with van der Waals surface area (Å²) < 4.78 is 9.83. The molecular formula is C12H21NO6. The minimum atomic E-state index is -1.27. The van der Waals surface area contributed by atoms with Crippen molar-refractivity contribution in [2.24, 2.45) is 0 Å². The normalized spacial score (nSPS) is 12.7. The Morgan fingerprint density at radius 2 is 1.74 bits per heavy atom. The highest BCUT2D eigenvalue weighted by atomic mass is 16.6. The van der Waals surface area contributed by atoms with Gasteiger partial charge < -0.3 is 19.9 Å². The average molecular weight is 275 g/mol. The lowest BCUT2D eigenvalue weighted by Crippen LogP contribution is -2.45. The van der Waals surface area contributed by atoms with E-state index in [-0.39, 0.29) is 0 Å². The Kier molecular flexibility index (Phi) is 6.31. The van der Waals surface area contributed by atoms with E-state index in [0.717, 1.165) is 0 Å². The first-order chi connectivity index (χ1) is 8.51. The third-order valence-corrected chi connectivity index (χ3v) is 1.71. The number of alkyl carbamates (subject to hydrolysis) is 1. The number of carboxylic acid groups (broad SMARTS) is 1.